The maximum atomic E-state index is 13.6. The molecule has 1 aromatic heterocycles. The molecule has 2 aliphatic carbocycles. The van der Waals surface area contributed by atoms with Gasteiger partial charge in [-0.25, -0.2) is 0 Å². The van der Waals surface area contributed by atoms with Gasteiger partial charge in [0.25, 0.3) is 0 Å². The van der Waals surface area contributed by atoms with Gasteiger partial charge in [0, 0.05) is 35.0 Å². The Balaban J connectivity index is 1.87. The van der Waals surface area contributed by atoms with Gasteiger partial charge in [-0.2, -0.15) is 0 Å². The van der Waals surface area contributed by atoms with E-state index in [0.29, 0.717) is 24.5 Å². The largest absolute Gasteiger partial charge is 0.469 e. The molecule has 6 atom stereocenters. The molecule has 262 valence electrons. The van der Waals surface area contributed by atoms with Gasteiger partial charge in [0.15, 0.2) is 16.6 Å². The molecule has 0 spiro atoms. The number of ketones is 1. The Hall–Kier alpha value is -1.07. The lowest BCUT2D eigenvalue weighted by Gasteiger charge is -2.55. The Labute approximate surface area is 287 Å². The first-order valence-corrected chi connectivity index (χ1v) is 24.6. The number of ether oxygens (including phenoxy) is 1. The molecule has 2 saturated carbocycles. The fourth-order valence-electron chi connectivity index (χ4n) is 6.88. The summed E-state index contributed by atoms with van der Waals surface area (Å²) in [6.45, 7) is 25.6. The van der Waals surface area contributed by atoms with Gasteiger partial charge in [-0.3, -0.25) is 9.59 Å². The van der Waals surface area contributed by atoms with E-state index >= 15 is 0 Å². The van der Waals surface area contributed by atoms with Crippen LogP contribution in [0.5, 0.6) is 0 Å². The van der Waals surface area contributed by atoms with Crippen LogP contribution in [0.25, 0.3) is 0 Å². The van der Waals surface area contributed by atoms with Crippen molar-refractivity contribution in [2.75, 3.05) is 7.11 Å². The minimum atomic E-state index is -2.07. The number of unbranched alkanes of at least 4 members (excludes halogenated alkanes) is 3. The minimum absolute atomic E-state index is 0.0136. The van der Waals surface area contributed by atoms with Gasteiger partial charge in [0.2, 0.25) is 0 Å². The second kappa shape index (κ2) is 15.7. The molecule has 0 radical (unpaired) electrons. The Kier molecular flexibility index (Phi) is 13.4. The van der Waals surface area contributed by atoms with Crippen molar-refractivity contribution in [2.45, 2.75) is 167 Å². The molecule has 2 aliphatic rings. The van der Waals surface area contributed by atoms with Crippen LogP contribution >= 0.6 is 11.3 Å². The third-order valence-electron chi connectivity index (χ3n) is 12.2. The van der Waals surface area contributed by atoms with Crippen LogP contribution in [-0.4, -0.2) is 47.7 Å². The SMILES string of the molecule is COC(=O)CCCCCC[C@H]1C(=O)C[C@@H](O[Si](C)(C)C(C)(C)C)[C@@H]1/C=C/CC(O[Si](C)(C)C(C)(C)C)C1(c2cccs2)CCC1C. The van der Waals surface area contributed by atoms with Crippen molar-refractivity contribution in [2.24, 2.45) is 17.8 Å². The van der Waals surface area contributed by atoms with Crippen molar-refractivity contribution in [1.29, 1.82) is 0 Å². The van der Waals surface area contributed by atoms with E-state index in [4.69, 9.17) is 13.6 Å². The van der Waals surface area contributed by atoms with Crippen LogP contribution in [0, 0.1) is 17.8 Å². The predicted octanol–water partition coefficient (Wildman–Crippen LogP) is 10.9. The normalized spacial score (nSPS) is 26.8. The number of rotatable bonds is 16. The van der Waals surface area contributed by atoms with E-state index in [1.165, 1.54) is 24.8 Å². The molecule has 1 aromatic rings. The average molecular weight is 691 g/mol. The van der Waals surface area contributed by atoms with Crippen LogP contribution in [0.3, 0.4) is 0 Å². The standard InChI is InChI=1S/C38H66O5SSi2/c1-28-24-25-38(28,34-22-18-26-44-34)33(43-46(11,12)37(5,6)7)21-17-20-30-29(19-15-13-14-16-23-35(40)41-8)31(39)27-32(30)42-45(9,10)36(2,3)4/h17-18,20,22,26,28-30,32-33H,13-16,19,21,23-25,27H2,1-12H3/b20-17+/t28?,29-,30-,32-,33?,38?/m1/s1. The summed E-state index contributed by atoms with van der Waals surface area (Å²) >= 11 is 1.88. The molecule has 3 unspecified atom stereocenters. The highest BCUT2D eigenvalue weighted by Gasteiger charge is 2.54. The molecule has 0 amide bonds. The van der Waals surface area contributed by atoms with Crippen LogP contribution < -0.4 is 0 Å². The summed E-state index contributed by atoms with van der Waals surface area (Å²) in [5.41, 5.74) is 0.0418. The summed E-state index contributed by atoms with van der Waals surface area (Å²) in [5, 5.41) is 2.42. The quantitative estimate of drug-likeness (QED) is 0.0748. The second-order valence-electron chi connectivity index (χ2n) is 17.3. The number of carbonyl (C=O) groups excluding carboxylic acids is 2. The molecule has 1 heterocycles. The van der Waals surface area contributed by atoms with Gasteiger partial charge in [-0.05, 0) is 85.7 Å². The smallest absolute Gasteiger partial charge is 0.305 e. The van der Waals surface area contributed by atoms with Gasteiger partial charge >= 0.3 is 5.97 Å². The molecule has 0 saturated heterocycles. The zero-order valence-corrected chi connectivity index (χ0v) is 34.1. The van der Waals surface area contributed by atoms with Gasteiger partial charge < -0.3 is 13.6 Å². The number of Topliss-reactive ketones (excluding diaryl/α,β-unsaturated/α-hetero) is 1. The maximum absolute atomic E-state index is 13.6. The molecule has 46 heavy (non-hydrogen) atoms. The molecular formula is C38H66O5SSi2. The van der Waals surface area contributed by atoms with E-state index in [1.807, 2.05) is 11.3 Å². The first-order chi connectivity index (χ1) is 21.3. The van der Waals surface area contributed by atoms with Crippen molar-refractivity contribution < 1.29 is 23.2 Å². The summed E-state index contributed by atoms with van der Waals surface area (Å²) in [6, 6.07) is 4.52. The molecule has 3 rings (SSSR count). The number of hydrogen-bond acceptors (Lipinski definition) is 6. The molecule has 0 aromatic carbocycles. The summed E-state index contributed by atoms with van der Waals surface area (Å²) in [7, 11) is -2.67. The van der Waals surface area contributed by atoms with E-state index in [9.17, 15) is 9.59 Å². The van der Waals surface area contributed by atoms with Gasteiger partial charge in [0.1, 0.15) is 5.78 Å². The summed E-state index contributed by atoms with van der Waals surface area (Å²) in [6.07, 6.45) is 13.7. The zero-order valence-electron chi connectivity index (χ0n) is 31.3. The minimum Gasteiger partial charge on any atom is -0.469 e. The molecule has 0 N–H and O–H groups in total. The Morgan fingerprint density at radius 3 is 2.22 bits per heavy atom. The molecule has 5 nitrogen and oxygen atoms in total. The average Bonchev–Trinajstić information content (AvgIpc) is 3.56. The topological polar surface area (TPSA) is 61.8 Å². The molecular weight excluding hydrogens is 625 g/mol. The Bertz CT molecular complexity index is 1160. The molecule has 2 fully saturated rings. The highest BCUT2D eigenvalue weighted by molar-refractivity contribution is 7.10. The molecule has 0 bridgehead atoms. The summed E-state index contributed by atoms with van der Waals surface area (Å²) in [4.78, 5) is 26.6. The van der Waals surface area contributed by atoms with Crippen LogP contribution in [0.4, 0.5) is 0 Å². The van der Waals surface area contributed by atoms with Gasteiger partial charge in [0.05, 0.1) is 19.3 Å². The number of hydrogen-bond donors (Lipinski definition) is 0. The van der Waals surface area contributed by atoms with Crippen LogP contribution in [0.1, 0.15) is 118 Å². The zero-order chi connectivity index (χ0) is 34.6. The summed E-state index contributed by atoms with van der Waals surface area (Å²) in [5.74, 6) is 0.852. The first kappa shape index (κ1) is 39.4. The first-order valence-electron chi connectivity index (χ1n) is 17.9. The maximum Gasteiger partial charge on any atom is 0.305 e. The molecule has 8 heteroatoms. The van der Waals surface area contributed by atoms with E-state index in [-0.39, 0.29) is 45.5 Å². The fourth-order valence-corrected chi connectivity index (χ4v) is 10.7. The van der Waals surface area contributed by atoms with Crippen molar-refractivity contribution in [3.63, 3.8) is 0 Å². The van der Waals surface area contributed by atoms with E-state index in [0.717, 1.165) is 38.5 Å². The lowest BCUT2D eigenvalue weighted by Crippen LogP contribution is -2.57. The monoisotopic (exact) mass is 690 g/mol. The molecule has 0 aliphatic heterocycles. The number of esters is 1. The van der Waals surface area contributed by atoms with E-state index in [2.05, 4.69) is 104 Å². The van der Waals surface area contributed by atoms with Crippen LogP contribution in [0.2, 0.25) is 36.3 Å². The fraction of sp³-hybridized carbons (Fsp3) is 0.789. The van der Waals surface area contributed by atoms with Crippen LogP contribution in [0.15, 0.2) is 29.7 Å². The number of methoxy groups -OCH3 is 1. The van der Waals surface area contributed by atoms with Gasteiger partial charge in [-0.15, -0.1) is 11.3 Å². The van der Waals surface area contributed by atoms with Crippen molar-refractivity contribution in [3.8, 4) is 0 Å². The van der Waals surface area contributed by atoms with Crippen molar-refractivity contribution in [1.82, 2.24) is 0 Å². The Morgan fingerprint density at radius 1 is 1.04 bits per heavy atom. The van der Waals surface area contributed by atoms with Crippen molar-refractivity contribution >= 4 is 39.7 Å². The number of thiophene rings is 1. The highest BCUT2D eigenvalue weighted by atomic mass is 32.1. The third-order valence-corrected chi connectivity index (χ3v) is 22.3. The van der Waals surface area contributed by atoms with E-state index < -0.39 is 16.6 Å². The van der Waals surface area contributed by atoms with E-state index in [1.54, 1.807) is 0 Å². The lowest BCUT2D eigenvalue weighted by molar-refractivity contribution is -0.140. The lowest BCUT2D eigenvalue weighted by atomic mass is 9.56. The van der Waals surface area contributed by atoms with Gasteiger partial charge in [-0.1, -0.05) is 85.9 Å². The summed E-state index contributed by atoms with van der Waals surface area (Å²) < 4.78 is 19.2. The van der Waals surface area contributed by atoms with Crippen LogP contribution in [-0.2, 0) is 28.6 Å². The highest BCUT2D eigenvalue weighted by Crippen LogP contribution is 2.56. The Morgan fingerprint density at radius 2 is 1.70 bits per heavy atom. The van der Waals surface area contributed by atoms with Crippen molar-refractivity contribution in [3.05, 3.63) is 34.5 Å². The second-order valence-corrected chi connectivity index (χ2v) is 27.7. The predicted molar refractivity (Wildman–Crippen MR) is 199 cm³/mol. The number of carbonyl (C=O) groups is 2. The third kappa shape index (κ3) is 9.13.